The van der Waals surface area contributed by atoms with Crippen LogP contribution in [0.15, 0.2) is 12.1 Å². The molecule has 0 amide bonds. The number of rotatable bonds is 5. The van der Waals surface area contributed by atoms with Gasteiger partial charge < -0.3 is 10.1 Å². The molecular formula is C14H19N3OS. The Morgan fingerprint density at radius 3 is 2.74 bits per heavy atom. The lowest BCUT2D eigenvalue weighted by atomic mass is 10.0. The summed E-state index contributed by atoms with van der Waals surface area (Å²) >= 11 is 1.56. The molecule has 1 aromatic heterocycles. The SMILES string of the molecule is CCCNc1nnc(-c2c(C)cc(C)cc2OC)s1. The van der Waals surface area contributed by atoms with E-state index in [0.29, 0.717) is 0 Å². The molecular weight excluding hydrogens is 258 g/mol. The van der Waals surface area contributed by atoms with Crippen LogP contribution in [0.3, 0.4) is 0 Å². The zero-order valence-corrected chi connectivity index (χ0v) is 12.6. The topological polar surface area (TPSA) is 47.0 Å². The van der Waals surface area contributed by atoms with Gasteiger partial charge in [-0.3, -0.25) is 0 Å². The summed E-state index contributed by atoms with van der Waals surface area (Å²) in [5, 5.41) is 13.4. The van der Waals surface area contributed by atoms with E-state index in [1.807, 2.05) is 6.07 Å². The van der Waals surface area contributed by atoms with Gasteiger partial charge in [0.1, 0.15) is 5.75 Å². The lowest BCUT2D eigenvalue weighted by Gasteiger charge is -2.10. The van der Waals surface area contributed by atoms with Gasteiger partial charge in [0, 0.05) is 6.54 Å². The highest BCUT2D eigenvalue weighted by atomic mass is 32.1. The molecule has 0 unspecified atom stereocenters. The predicted octanol–water partition coefficient (Wildman–Crippen LogP) is 3.65. The van der Waals surface area contributed by atoms with Gasteiger partial charge in [-0.15, -0.1) is 10.2 Å². The Morgan fingerprint density at radius 1 is 1.26 bits per heavy atom. The molecule has 0 saturated carbocycles. The number of aromatic nitrogens is 2. The molecule has 2 aromatic rings. The van der Waals surface area contributed by atoms with Crippen LogP contribution in [-0.2, 0) is 0 Å². The Balaban J connectivity index is 2.38. The minimum absolute atomic E-state index is 0.857. The quantitative estimate of drug-likeness (QED) is 0.906. The molecule has 0 aliphatic carbocycles. The first kappa shape index (κ1) is 13.8. The number of nitrogens with zero attached hydrogens (tertiary/aromatic N) is 2. The zero-order valence-electron chi connectivity index (χ0n) is 11.8. The fourth-order valence-electron chi connectivity index (χ4n) is 1.99. The first-order valence-electron chi connectivity index (χ1n) is 6.38. The van der Waals surface area contributed by atoms with Crippen LogP contribution in [0.5, 0.6) is 5.75 Å². The van der Waals surface area contributed by atoms with Crippen molar-refractivity contribution in [1.29, 1.82) is 0 Å². The maximum atomic E-state index is 5.47. The second-order valence-electron chi connectivity index (χ2n) is 4.50. The Morgan fingerprint density at radius 2 is 2.05 bits per heavy atom. The lowest BCUT2D eigenvalue weighted by Crippen LogP contribution is -1.98. The number of methoxy groups -OCH3 is 1. The fourth-order valence-corrected chi connectivity index (χ4v) is 2.88. The number of aryl methyl sites for hydroxylation is 2. The van der Waals surface area contributed by atoms with Crippen molar-refractivity contribution in [2.45, 2.75) is 27.2 Å². The van der Waals surface area contributed by atoms with Crippen molar-refractivity contribution in [2.75, 3.05) is 19.0 Å². The van der Waals surface area contributed by atoms with Crippen LogP contribution in [0.1, 0.15) is 24.5 Å². The van der Waals surface area contributed by atoms with Gasteiger partial charge in [-0.25, -0.2) is 0 Å². The molecule has 0 aliphatic heterocycles. The predicted molar refractivity (Wildman–Crippen MR) is 80.2 cm³/mol. The summed E-state index contributed by atoms with van der Waals surface area (Å²) in [5.41, 5.74) is 3.39. The molecule has 2 rings (SSSR count). The highest BCUT2D eigenvalue weighted by Gasteiger charge is 2.15. The summed E-state index contributed by atoms with van der Waals surface area (Å²) in [6, 6.07) is 4.17. The van der Waals surface area contributed by atoms with Gasteiger partial charge in [0.25, 0.3) is 0 Å². The van der Waals surface area contributed by atoms with Crippen LogP contribution in [0, 0.1) is 13.8 Å². The third kappa shape index (κ3) is 3.04. The van der Waals surface area contributed by atoms with Crippen molar-refractivity contribution in [3.8, 4) is 16.3 Å². The second-order valence-corrected chi connectivity index (χ2v) is 5.48. The van der Waals surface area contributed by atoms with Gasteiger partial charge in [-0.2, -0.15) is 0 Å². The van der Waals surface area contributed by atoms with E-state index in [2.05, 4.69) is 42.4 Å². The molecule has 102 valence electrons. The number of ether oxygens (including phenoxy) is 1. The summed E-state index contributed by atoms with van der Waals surface area (Å²) in [6.45, 7) is 7.18. The third-order valence-corrected chi connectivity index (χ3v) is 3.73. The van der Waals surface area contributed by atoms with Gasteiger partial charge in [0.2, 0.25) is 5.13 Å². The van der Waals surface area contributed by atoms with Crippen molar-refractivity contribution >= 4 is 16.5 Å². The van der Waals surface area contributed by atoms with E-state index in [1.54, 1.807) is 18.4 Å². The van der Waals surface area contributed by atoms with E-state index >= 15 is 0 Å². The number of anilines is 1. The van der Waals surface area contributed by atoms with Gasteiger partial charge in [-0.05, 0) is 37.5 Å². The lowest BCUT2D eigenvalue weighted by molar-refractivity contribution is 0.416. The molecule has 0 spiro atoms. The van der Waals surface area contributed by atoms with Crippen molar-refractivity contribution in [3.63, 3.8) is 0 Å². The van der Waals surface area contributed by atoms with Crippen LogP contribution in [0.25, 0.3) is 10.6 Å². The number of benzene rings is 1. The fraction of sp³-hybridized carbons (Fsp3) is 0.429. The molecule has 0 bridgehead atoms. The molecule has 19 heavy (non-hydrogen) atoms. The van der Waals surface area contributed by atoms with Crippen LogP contribution in [0.2, 0.25) is 0 Å². The van der Waals surface area contributed by atoms with Crippen LogP contribution >= 0.6 is 11.3 Å². The van der Waals surface area contributed by atoms with Gasteiger partial charge in [0.15, 0.2) is 5.01 Å². The number of hydrogen-bond acceptors (Lipinski definition) is 5. The molecule has 0 saturated heterocycles. The van der Waals surface area contributed by atoms with Crippen molar-refractivity contribution in [1.82, 2.24) is 10.2 Å². The van der Waals surface area contributed by atoms with Crippen LogP contribution < -0.4 is 10.1 Å². The molecule has 0 radical (unpaired) electrons. The van der Waals surface area contributed by atoms with Gasteiger partial charge >= 0.3 is 0 Å². The van der Waals surface area contributed by atoms with E-state index in [1.165, 1.54) is 5.56 Å². The monoisotopic (exact) mass is 277 g/mol. The highest BCUT2D eigenvalue weighted by Crippen LogP contribution is 2.36. The maximum Gasteiger partial charge on any atom is 0.206 e. The third-order valence-electron chi connectivity index (χ3n) is 2.83. The van der Waals surface area contributed by atoms with E-state index in [4.69, 9.17) is 4.74 Å². The summed E-state index contributed by atoms with van der Waals surface area (Å²) in [4.78, 5) is 0. The average molecular weight is 277 g/mol. The summed E-state index contributed by atoms with van der Waals surface area (Å²) in [6.07, 6.45) is 1.07. The van der Waals surface area contributed by atoms with E-state index < -0.39 is 0 Å². The molecule has 0 aliphatic rings. The summed E-state index contributed by atoms with van der Waals surface area (Å²) < 4.78 is 5.47. The Hall–Kier alpha value is -1.62. The van der Waals surface area contributed by atoms with E-state index in [9.17, 15) is 0 Å². The summed E-state index contributed by atoms with van der Waals surface area (Å²) in [5.74, 6) is 0.857. The normalized spacial score (nSPS) is 10.5. The molecule has 5 heteroatoms. The smallest absolute Gasteiger partial charge is 0.206 e. The first-order chi connectivity index (χ1) is 9.15. The van der Waals surface area contributed by atoms with Crippen LogP contribution in [0.4, 0.5) is 5.13 Å². The minimum Gasteiger partial charge on any atom is -0.496 e. The maximum absolute atomic E-state index is 5.47. The molecule has 4 nitrogen and oxygen atoms in total. The standard InChI is InChI=1S/C14H19N3OS/c1-5-6-15-14-17-16-13(19-14)12-10(3)7-9(2)8-11(12)18-4/h7-8H,5-6H2,1-4H3,(H,15,17). The largest absolute Gasteiger partial charge is 0.496 e. The highest BCUT2D eigenvalue weighted by molar-refractivity contribution is 7.18. The Kier molecular flexibility index (Phi) is 4.37. The molecule has 0 atom stereocenters. The Bertz CT molecular complexity index is 566. The average Bonchev–Trinajstić information content (AvgIpc) is 2.83. The van der Waals surface area contributed by atoms with Crippen molar-refractivity contribution in [2.24, 2.45) is 0 Å². The second kappa shape index (κ2) is 6.02. The molecule has 1 aromatic carbocycles. The van der Waals surface area contributed by atoms with Gasteiger partial charge in [-0.1, -0.05) is 24.3 Å². The van der Waals surface area contributed by atoms with Gasteiger partial charge in [0.05, 0.1) is 12.7 Å². The molecule has 1 heterocycles. The molecule has 0 fully saturated rings. The summed E-state index contributed by atoms with van der Waals surface area (Å²) in [7, 11) is 1.69. The van der Waals surface area contributed by atoms with Crippen molar-refractivity contribution in [3.05, 3.63) is 23.3 Å². The van der Waals surface area contributed by atoms with Crippen molar-refractivity contribution < 1.29 is 4.74 Å². The minimum atomic E-state index is 0.857. The first-order valence-corrected chi connectivity index (χ1v) is 7.20. The number of hydrogen-bond donors (Lipinski definition) is 1. The van der Waals surface area contributed by atoms with E-state index in [-0.39, 0.29) is 0 Å². The number of nitrogens with one attached hydrogen (secondary N) is 1. The molecule has 1 N–H and O–H groups in total. The van der Waals surface area contributed by atoms with Crippen LogP contribution in [-0.4, -0.2) is 23.9 Å². The zero-order chi connectivity index (χ0) is 13.8. The Labute approximate surface area is 117 Å². The van der Waals surface area contributed by atoms with E-state index in [0.717, 1.165) is 40.0 Å².